The summed E-state index contributed by atoms with van der Waals surface area (Å²) in [5, 5.41) is 9.22. The highest BCUT2D eigenvalue weighted by Gasteiger charge is 2.09. The van der Waals surface area contributed by atoms with Crippen LogP contribution in [0.2, 0.25) is 0 Å². The zero-order valence-electron chi connectivity index (χ0n) is 17.4. The van der Waals surface area contributed by atoms with Gasteiger partial charge < -0.3 is 9.47 Å². The summed E-state index contributed by atoms with van der Waals surface area (Å²) in [7, 11) is 0. The van der Waals surface area contributed by atoms with Crippen LogP contribution >= 0.6 is 0 Å². The minimum atomic E-state index is 0.624. The molecule has 3 heteroatoms. The van der Waals surface area contributed by atoms with Crippen molar-refractivity contribution in [2.24, 2.45) is 0 Å². The van der Waals surface area contributed by atoms with Crippen LogP contribution in [-0.4, -0.2) is 13.2 Å². The Labute approximate surface area is 170 Å². The Kier molecular flexibility index (Phi) is 10.0. The van der Waals surface area contributed by atoms with Gasteiger partial charge in [0.25, 0.3) is 0 Å². The van der Waals surface area contributed by atoms with E-state index < -0.39 is 0 Å². The van der Waals surface area contributed by atoms with Gasteiger partial charge in [-0.25, -0.2) is 0 Å². The normalized spacial score (nSPS) is 10.5. The summed E-state index contributed by atoms with van der Waals surface area (Å²) < 4.78 is 11.9. The molecular formula is C25H33NO2. The molecule has 0 radical (unpaired) electrons. The average molecular weight is 380 g/mol. The van der Waals surface area contributed by atoms with Crippen LogP contribution < -0.4 is 9.47 Å². The highest BCUT2D eigenvalue weighted by atomic mass is 16.5. The first-order valence-electron chi connectivity index (χ1n) is 10.7. The van der Waals surface area contributed by atoms with Crippen molar-refractivity contribution in [1.82, 2.24) is 0 Å². The van der Waals surface area contributed by atoms with E-state index >= 15 is 0 Å². The molecule has 0 unspecified atom stereocenters. The standard InChI is InChI=1S/C25H33NO2/c1-3-5-7-9-17-27-23-14-12-22(13-15-23)24-16-11-21(20-26)19-25(24)28-18-10-8-6-4-2/h11-16,19H,3-10,17-18H2,1-2H3. The predicted molar refractivity (Wildman–Crippen MR) is 116 cm³/mol. The summed E-state index contributed by atoms with van der Waals surface area (Å²) >= 11 is 0. The Morgan fingerprint density at radius 3 is 2.00 bits per heavy atom. The maximum Gasteiger partial charge on any atom is 0.128 e. The number of hydrogen-bond donors (Lipinski definition) is 0. The molecule has 2 aromatic carbocycles. The fraction of sp³-hybridized carbons (Fsp3) is 0.480. The van der Waals surface area contributed by atoms with Crippen molar-refractivity contribution in [3.8, 4) is 28.7 Å². The van der Waals surface area contributed by atoms with Gasteiger partial charge >= 0.3 is 0 Å². The first-order valence-corrected chi connectivity index (χ1v) is 10.7. The second kappa shape index (κ2) is 12.8. The van der Waals surface area contributed by atoms with Gasteiger partial charge in [-0.1, -0.05) is 64.5 Å². The van der Waals surface area contributed by atoms with Gasteiger partial charge in [-0.3, -0.25) is 0 Å². The molecule has 2 rings (SSSR count). The summed E-state index contributed by atoms with van der Waals surface area (Å²) in [6, 6.07) is 16.0. The fourth-order valence-corrected chi connectivity index (χ4v) is 3.11. The molecule has 150 valence electrons. The van der Waals surface area contributed by atoms with E-state index in [1.165, 1.54) is 38.5 Å². The van der Waals surface area contributed by atoms with Gasteiger partial charge in [0, 0.05) is 5.56 Å². The molecule has 0 aliphatic carbocycles. The van der Waals surface area contributed by atoms with E-state index in [2.05, 4.69) is 32.0 Å². The van der Waals surface area contributed by atoms with Crippen LogP contribution in [0.25, 0.3) is 11.1 Å². The smallest absolute Gasteiger partial charge is 0.128 e. The maximum absolute atomic E-state index is 9.22. The van der Waals surface area contributed by atoms with E-state index in [0.29, 0.717) is 12.2 Å². The number of nitriles is 1. The van der Waals surface area contributed by atoms with Crippen molar-refractivity contribution >= 4 is 0 Å². The Morgan fingerprint density at radius 1 is 0.750 bits per heavy atom. The quantitative estimate of drug-likeness (QED) is 0.347. The molecule has 0 saturated heterocycles. The maximum atomic E-state index is 9.22. The van der Waals surface area contributed by atoms with Gasteiger partial charge in [-0.2, -0.15) is 5.26 Å². The lowest BCUT2D eigenvalue weighted by atomic mass is 10.0. The van der Waals surface area contributed by atoms with Gasteiger partial charge in [0.2, 0.25) is 0 Å². The molecular weight excluding hydrogens is 346 g/mol. The first kappa shape index (κ1) is 21.8. The highest BCUT2D eigenvalue weighted by molar-refractivity contribution is 5.72. The zero-order valence-corrected chi connectivity index (χ0v) is 17.4. The van der Waals surface area contributed by atoms with Gasteiger partial charge in [0.05, 0.1) is 24.8 Å². The van der Waals surface area contributed by atoms with E-state index in [9.17, 15) is 5.26 Å². The highest BCUT2D eigenvalue weighted by Crippen LogP contribution is 2.32. The average Bonchev–Trinajstić information content (AvgIpc) is 2.74. The molecule has 0 fully saturated rings. The number of ether oxygens (including phenoxy) is 2. The van der Waals surface area contributed by atoms with Crippen LogP contribution in [-0.2, 0) is 0 Å². The molecule has 0 heterocycles. The molecule has 0 bridgehead atoms. The van der Waals surface area contributed by atoms with Gasteiger partial charge in [0.15, 0.2) is 0 Å². The van der Waals surface area contributed by atoms with Crippen molar-refractivity contribution in [3.63, 3.8) is 0 Å². The number of unbranched alkanes of at least 4 members (excludes halogenated alkanes) is 6. The Balaban J connectivity index is 2.01. The van der Waals surface area contributed by atoms with Crippen LogP contribution in [0.15, 0.2) is 42.5 Å². The predicted octanol–water partition coefficient (Wildman–Crippen LogP) is 7.14. The third kappa shape index (κ3) is 7.27. The van der Waals surface area contributed by atoms with E-state index in [1.54, 1.807) is 0 Å². The minimum Gasteiger partial charge on any atom is -0.494 e. The van der Waals surface area contributed by atoms with Gasteiger partial charge in [0.1, 0.15) is 11.5 Å². The topological polar surface area (TPSA) is 42.2 Å². The van der Waals surface area contributed by atoms with E-state index in [1.807, 2.05) is 30.3 Å². The minimum absolute atomic E-state index is 0.624. The number of hydrogen-bond acceptors (Lipinski definition) is 3. The first-order chi connectivity index (χ1) is 13.8. The fourth-order valence-electron chi connectivity index (χ4n) is 3.11. The summed E-state index contributed by atoms with van der Waals surface area (Å²) in [6.45, 7) is 5.86. The Hall–Kier alpha value is -2.47. The summed E-state index contributed by atoms with van der Waals surface area (Å²) in [6.07, 6.45) is 9.48. The molecule has 0 aliphatic heterocycles. The molecule has 0 aromatic heterocycles. The molecule has 0 N–H and O–H groups in total. The number of benzene rings is 2. The van der Waals surface area contributed by atoms with Crippen LogP contribution in [0.3, 0.4) is 0 Å². The molecule has 2 aromatic rings. The molecule has 0 amide bonds. The van der Waals surface area contributed by atoms with Crippen molar-refractivity contribution in [2.75, 3.05) is 13.2 Å². The van der Waals surface area contributed by atoms with E-state index in [4.69, 9.17) is 9.47 Å². The molecule has 28 heavy (non-hydrogen) atoms. The molecule has 3 nitrogen and oxygen atoms in total. The number of rotatable bonds is 13. The Morgan fingerprint density at radius 2 is 1.39 bits per heavy atom. The largest absolute Gasteiger partial charge is 0.494 e. The van der Waals surface area contributed by atoms with Crippen molar-refractivity contribution in [3.05, 3.63) is 48.0 Å². The van der Waals surface area contributed by atoms with Crippen molar-refractivity contribution < 1.29 is 9.47 Å². The lowest BCUT2D eigenvalue weighted by Crippen LogP contribution is -2.00. The summed E-state index contributed by atoms with van der Waals surface area (Å²) in [4.78, 5) is 0. The monoisotopic (exact) mass is 379 g/mol. The van der Waals surface area contributed by atoms with E-state index in [-0.39, 0.29) is 0 Å². The third-order valence-electron chi connectivity index (χ3n) is 4.80. The molecule has 0 aliphatic rings. The Bertz CT molecular complexity index is 731. The van der Waals surface area contributed by atoms with Gasteiger partial charge in [-0.05, 0) is 48.7 Å². The summed E-state index contributed by atoms with van der Waals surface area (Å²) in [5.74, 6) is 1.68. The lowest BCUT2D eigenvalue weighted by Gasteiger charge is -2.13. The molecule has 0 saturated carbocycles. The van der Waals surface area contributed by atoms with Crippen LogP contribution in [0, 0.1) is 11.3 Å². The molecule has 0 atom stereocenters. The van der Waals surface area contributed by atoms with E-state index in [0.717, 1.165) is 42.1 Å². The zero-order chi connectivity index (χ0) is 20.0. The van der Waals surface area contributed by atoms with Crippen LogP contribution in [0.4, 0.5) is 0 Å². The SMILES string of the molecule is CCCCCCOc1ccc(-c2ccc(C#N)cc2OCCCCCC)cc1. The second-order valence-electron chi connectivity index (χ2n) is 7.17. The second-order valence-corrected chi connectivity index (χ2v) is 7.17. The van der Waals surface area contributed by atoms with Crippen LogP contribution in [0.5, 0.6) is 11.5 Å². The van der Waals surface area contributed by atoms with Crippen LogP contribution in [0.1, 0.15) is 70.8 Å². The van der Waals surface area contributed by atoms with Crippen molar-refractivity contribution in [1.29, 1.82) is 5.26 Å². The lowest BCUT2D eigenvalue weighted by molar-refractivity contribution is 0.304. The summed E-state index contributed by atoms with van der Waals surface area (Å²) in [5.41, 5.74) is 2.72. The third-order valence-corrected chi connectivity index (χ3v) is 4.80. The van der Waals surface area contributed by atoms with Gasteiger partial charge in [-0.15, -0.1) is 0 Å². The molecule has 0 spiro atoms. The van der Waals surface area contributed by atoms with Crippen molar-refractivity contribution in [2.45, 2.75) is 65.2 Å². The number of nitrogens with zero attached hydrogens (tertiary/aromatic N) is 1.